The topological polar surface area (TPSA) is 37.3 Å². The molecule has 2 nitrogen and oxygen atoms in total. The van der Waals surface area contributed by atoms with Gasteiger partial charge in [0.25, 0.3) is 0 Å². The van der Waals surface area contributed by atoms with E-state index >= 15 is 0 Å². The Morgan fingerprint density at radius 1 is 1.28 bits per heavy atom. The van der Waals surface area contributed by atoms with Crippen LogP contribution in [0.1, 0.15) is 36.0 Å². The van der Waals surface area contributed by atoms with Crippen LogP contribution in [0.25, 0.3) is 0 Å². The first kappa shape index (κ1) is 11.8. The van der Waals surface area contributed by atoms with Crippen LogP contribution in [0.2, 0.25) is 0 Å². The monoisotopic (exact) mass is 244 g/mol. The molecule has 2 aliphatic rings. The van der Waals surface area contributed by atoms with Crippen molar-refractivity contribution in [2.75, 3.05) is 0 Å². The second-order valence-electron chi connectivity index (χ2n) is 6.34. The first-order chi connectivity index (χ1) is 8.50. The zero-order valence-electron chi connectivity index (χ0n) is 11.1. The van der Waals surface area contributed by atoms with Gasteiger partial charge in [-0.15, -0.1) is 0 Å². The molecule has 3 rings (SSSR count). The van der Waals surface area contributed by atoms with Crippen molar-refractivity contribution in [2.24, 2.45) is 17.3 Å². The Morgan fingerprint density at radius 2 is 1.94 bits per heavy atom. The minimum Gasteiger partial charge on any atom is -0.481 e. The van der Waals surface area contributed by atoms with Gasteiger partial charge in [-0.3, -0.25) is 4.79 Å². The van der Waals surface area contributed by atoms with Crippen LogP contribution >= 0.6 is 0 Å². The molecule has 0 radical (unpaired) electrons. The number of fused-ring (bicyclic) bond motifs is 1. The molecule has 18 heavy (non-hydrogen) atoms. The highest BCUT2D eigenvalue weighted by atomic mass is 16.4. The molecule has 0 spiro atoms. The second kappa shape index (κ2) is 3.84. The van der Waals surface area contributed by atoms with Gasteiger partial charge in [-0.05, 0) is 68.1 Å². The fraction of sp³-hybridized carbons (Fsp3) is 0.562. The Hall–Kier alpha value is -1.31. The first-order valence-corrected chi connectivity index (χ1v) is 6.80. The van der Waals surface area contributed by atoms with E-state index in [4.69, 9.17) is 0 Å². The molecule has 0 heterocycles. The molecule has 2 aliphatic carbocycles. The van der Waals surface area contributed by atoms with Crippen molar-refractivity contribution < 1.29 is 9.90 Å². The largest absolute Gasteiger partial charge is 0.481 e. The lowest BCUT2D eigenvalue weighted by molar-refractivity contribution is -0.149. The van der Waals surface area contributed by atoms with E-state index in [1.54, 1.807) is 0 Å². The number of carbonyl (C=O) groups is 1. The summed E-state index contributed by atoms with van der Waals surface area (Å²) >= 11 is 0. The van der Waals surface area contributed by atoms with E-state index < -0.39 is 11.4 Å². The average molecular weight is 244 g/mol. The lowest BCUT2D eigenvalue weighted by Crippen LogP contribution is -2.32. The van der Waals surface area contributed by atoms with E-state index in [1.165, 1.54) is 23.1 Å². The lowest BCUT2D eigenvalue weighted by Gasteiger charge is -2.26. The number of aliphatic carboxylic acids is 1. The minimum absolute atomic E-state index is 0.477. The zero-order chi connectivity index (χ0) is 12.9. The van der Waals surface area contributed by atoms with Gasteiger partial charge in [-0.1, -0.05) is 18.2 Å². The molecular formula is C16H20O2. The van der Waals surface area contributed by atoms with Crippen molar-refractivity contribution >= 4 is 5.97 Å². The Balaban J connectivity index is 1.85. The van der Waals surface area contributed by atoms with Crippen molar-refractivity contribution in [3.63, 3.8) is 0 Å². The van der Waals surface area contributed by atoms with Crippen LogP contribution in [-0.4, -0.2) is 11.1 Å². The van der Waals surface area contributed by atoms with E-state index in [0.29, 0.717) is 18.3 Å². The number of hydrogen-bond acceptors (Lipinski definition) is 1. The Bertz CT molecular complexity index is 494. The molecule has 1 N–H and O–H groups in total. The highest BCUT2D eigenvalue weighted by molar-refractivity contribution is 5.76. The van der Waals surface area contributed by atoms with E-state index in [1.807, 2.05) is 0 Å². The van der Waals surface area contributed by atoms with Gasteiger partial charge in [-0.25, -0.2) is 0 Å². The van der Waals surface area contributed by atoms with Crippen LogP contribution in [0.3, 0.4) is 0 Å². The summed E-state index contributed by atoms with van der Waals surface area (Å²) in [5.74, 6) is 0.813. The van der Waals surface area contributed by atoms with Crippen molar-refractivity contribution in [1.82, 2.24) is 0 Å². The van der Waals surface area contributed by atoms with Gasteiger partial charge in [0.2, 0.25) is 0 Å². The standard InChI is InChI=1S/C16H20O2/c1-10-3-4-12(5-11(10)2)7-16(15(17)18)8-13-6-14(13)9-16/h3-5,13-14H,6-9H2,1-2H3,(H,17,18). The van der Waals surface area contributed by atoms with Crippen molar-refractivity contribution in [2.45, 2.75) is 39.5 Å². The summed E-state index contributed by atoms with van der Waals surface area (Å²) in [5.41, 5.74) is 3.24. The van der Waals surface area contributed by atoms with Gasteiger partial charge < -0.3 is 5.11 Å². The first-order valence-electron chi connectivity index (χ1n) is 6.80. The van der Waals surface area contributed by atoms with Gasteiger partial charge in [0.1, 0.15) is 0 Å². The van der Waals surface area contributed by atoms with Gasteiger partial charge in [-0.2, -0.15) is 0 Å². The third-order valence-electron chi connectivity index (χ3n) is 4.94. The maximum atomic E-state index is 11.6. The van der Waals surface area contributed by atoms with Crippen molar-refractivity contribution in [3.05, 3.63) is 34.9 Å². The molecular weight excluding hydrogens is 224 g/mol. The van der Waals surface area contributed by atoms with E-state index in [9.17, 15) is 9.90 Å². The summed E-state index contributed by atoms with van der Waals surface area (Å²) < 4.78 is 0. The van der Waals surface area contributed by atoms with Crippen LogP contribution in [0, 0.1) is 31.1 Å². The molecule has 0 aromatic heterocycles. The number of hydrogen-bond donors (Lipinski definition) is 1. The molecule has 0 bridgehead atoms. The Kier molecular flexibility index (Phi) is 2.51. The third-order valence-corrected chi connectivity index (χ3v) is 4.94. The molecule has 0 saturated heterocycles. The Morgan fingerprint density at radius 3 is 2.50 bits per heavy atom. The van der Waals surface area contributed by atoms with E-state index in [-0.39, 0.29) is 0 Å². The van der Waals surface area contributed by atoms with Gasteiger partial charge in [0.05, 0.1) is 5.41 Å². The molecule has 2 fully saturated rings. The Labute approximate surface area is 108 Å². The summed E-state index contributed by atoms with van der Waals surface area (Å²) in [4.78, 5) is 11.6. The SMILES string of the molecule is Cc1ccc(CC2(C(=O)O)CC3CC3C2)cc1C. The summed E-state index contributed by atoms with van der Waals surface area (Å²) in [6, 6.07) is 6.36. The molecule has 2 unspecified atom stereocenters. The third kappa shape index (κ3) is 1.84. The zero-order valence-corrected chi connectivity index (χ0v) is 11.1. The fourth-order valence-corrected chi connectivity index (χ4v) is 3.60. The highest BCUT2D eigenvalue weighted by Crippen LogP contribution is 2.60. The van der Waals surface area contributed by atoms with Crippen molar-refractivity contribution in [1.29, 1.82) is 0 Å². The predicted octanol–water partition coefficient (Wildman–Crippen LogP) is 3.35. The number of carboxylic acid groups (broad SMARTS) is 1. The normalized spacial score (nSPS) is 33.2. The van der Waals surface area contributed by atoms with Crippen LogP contribution in [-0.2, 0) is 11.2 Å². The van der Waals surface area contributed by atoms with E-state index in [2.05, 4.69) is 32.0 Å². The lowest BCUT2D eigenvalue weighted by atomic mass is 9.77. The molecule has 2 saturated carbocycles. The summed E-state index contributed by atoms with van der Waals surface area (Å²) in [5, 5.41) is 9.59. The van der Waals surface area contributed by atoms with Crippen molar-refractivity contribution in [3.8, 4) is 0 Å². The van der Waals surface area contributed by atoms with Crippen LogP contribution < -0.4 is 0 Å². The quantitative estimate of drug-likeness (QED) is 0.885. The van der Waals surface area contributed by atoms with Gasteiger partial charge in [0.15, 0.2) is 0 Å². The van der Waals surface area contributed by atoms with Crippen LogP contribution in [0.5, 0.6) is 0 Å². The molecule has 1 aromatic carbocycles. The minimum atomic E-state index is -0.590. The molecule has 0 amide bonds. The number of aryl methyl sites for hydroxylation is 2. The maximum absolute atomic E-state index is 11.6. The molecule has 1 aromatic rings. The van der Waals surface area contributed by atoms with Crippen LogP contribution in [0.15, 0.2) is 18.2 Å². The molecule has 2 atom stereocenters. The fourth-order valence-electron chi connectivity index (χ4n) is 3.60. The van der Waals surface area contributed by atoms with Gasteiger partial charge >= 0.3 is 5.97 Å². The average Bonchev–Trinajstić information content (AvgIpc) is 2.92. The van der Waals surface area contributed by atoms with Crippen LogP contribution in [0.4, 0.5) is 0 Å². The van der Waals surface area contributed by atoms with Gasteiger partial charge in [0, 0.05) is 0 Å². The maximum Gasteiger partial charge on any atom is 0.309 e. The summed E-state index contributed by atoms with van der Waals surface area (Å²) in [7, 11) is 0. The number of carboxylic acids is 1. The molecule has 0 aliphatic heterocycles. The molecule has 2 heteroatoms. The number of rotatable bonds is 3. The second-order valence-corrected chi connectivity index (χ2v) is 6.34. The smallest absolute Gasteiger partial charge is 0.309 e. The predicted molar refractivity (Wildman–Crippen MR) is 70.5 cm³/mol. The summed E-state index contributed by atoms with van der Waals surface area (Å²) in [6.07, 6.45) is 3.75. The molecule has 96 valence electrons. The summed E-state index contributed by atoms with van der Waals surface area (Å²) in [6.45, 7) is 4.19. The highest BCUT2D eigenvalue weighted by Gasteiger charge is 2.57. The van der Waals surface area contributed by atoms with E-state index in [0.717, 1.165) is 12.8 Å². The number of benzene rings is 1.